The maximum atomic E-state index is 14.2. The fourth-order valence-corrected chi connectivity index (χ4v) is 9.96. The van der Waals surface area contributed by atoms with E-state index in [1.807, 2.05) is 69.2 Å². The molecule has 0 aromatic carbocycles. The van der Waals surface area contributed by atoms with Gasteiger partial charge in [-0.3, -0.25) is 47.9 Å². The molecule has 0 saturated carbocycles. The van der Waals surface area contributed by atoms with Gasteiger partial charge in [0.05, 0.1) is 25.7 Å². The molecule has 0 unspecified atom stereocenters. The number of aliphatic hydroxyl groups excluding tert-OH is 1. The summed E-state index contributed by atoms with van der Waals surface area (Å²) in [6.07, 6.45) is 3.37. The number of aliphatic hydroxyl groups is 1. The summed E-state index contributed by atoms with van der Waals surface area (Å²) in [7, 11) is 0. The van der Waals surface area contributed by atoms with Crippen molar-refractivity contribution in [3.05, 3.63) is 0 Å². The van der Waals surface area contributed by atoms with Crippen molar-refractivity contribution in [2.24, 2.45) is 35.3 Å². The van der Waals surface area contributed by atoms with E-state index in [-0.39, 0.29) is 94.2 Å². The van der Waals surface area contributed by atoms with Gasteiger partial charge in [0, 0.05) is 19.6 Å². The van der Waals surface area contributed by atoms with Crippen LogP contribution in [0.3, 0.4) is 0 Å². The molecule has 24 heteroatoms. The number of carboxylic acids is 1. The zero-order valence-electron chi connectivity index (χ0n) is 46.4. The number of carboxylic acid groups (broad SMARTS) is 1. The Morgan fingerprint density at radius 3 is 1.28 bits per heavy atom. The molecule has 430 valence electrons. The van der Waals surface area contributed by atoms with E-state index in [1.54, 1.807) is 0 Å². The van der Waals surface area contributed by atoms with Crippen LogP contribution in [-0.4, -0.2) is 184 Å². The van der Waals surface area contributed by atoms with Crippen molar-refractivity contribution in [3.8, 4) is 0 Å². The molecule has 3 saturated heterocycles. The lowest BCUT2D eigenvalue weighted by atomic mass is 10.0. The van der Waals surface area contributed by atoms with E-state index in [4.69, 9.17) is 5.73 Å². The number of nitrogens with two attached hydrogens (primary N) is 1. The van der Waals surface area contributed by atoms with Crippen LogP contribution >= 0.6 is 0 Å². The topological polar surface area (TPSA) is 348 Å². The molecule has 76 heavy (non-hydrogen) atoms. The number of rotatable bonds is 29. The lowest BCUT2D eigenvalue weighted by Gasteiger charge is -2.33. The zero-order valence-corrected chi connectivity index (χ0v) is 46.4. The average Bonchev–Trinajstić information content (AvgIpc) is 4.14. The second-order valence-electron chi connectivity index (χ2n) is 22.7. The molecule has 0 aromatic rings. The molecule has 3 fully saturated rings. The predicted molar refractivity (Wildman–Crippen MR) is 280 cm³/mol. The normalized spacial score (nSPS) is 20.0. The Hall–Kier alpha value is -5.91. The maximum absolute atomic E-state index is 14.2. The molecule has 10 amide bonds. The Balaban J connectivity index is 1.61. The molecule has 0 aliphatic carbocycles. The lowest BCUT2D eigenvalue weighted by Crippen LogP contribution is -2.59. The highest BCUT2D eigenvalue weighted by Gasteiger charge is 2.44. The molecule has 0 bridgehead atoms. The third-order valence-electron chi connectivity index (χ3n) is 13.6. The van der Waals surface area contributed by atoms with E-state index < -0.39 is 139 Å². The van der Waals surface area contributed by atoms with E-state index in [9.17, 15) is 63.0 Å². The van der Waals surface area contributed by atoms with Gasteiger partial charge in [-0.2, -0.15) is 0 Å². The molecule has 3 aliphatic heterocycles. The van der Waals surface area contributed by atoms with Gasteiger partial charge in [0.15, 0.2) is 0 Å². The van der Waals surface area contributed by atoms with Gasteiger partial charge in [0.25, 0.3) is 0 Å². The van der Waals surface area contributed by atoms with Crippen LogP contribution in [0.4, 0.5) is 0 Å². The molecule has 3 rings (SSSR count). The summed E-state index contributed by atoms with van der Waals surface area (Å²) in [5.74, 6) is -7.50. The van der Waals surface area contributed by atoms with Crippen molar-refractivity contribution >= 4 is 65.0 Å². The molecule has 0 radical (unpaired) electrons. The first-order chi connectivity index (χ1) is 35.6. The SMILES string of the molecule is CC(C)C[C@H](NC(=O)[C@H](CC(C)C)NC(=O)CNC(=O)[C@@H]1CCCN1C(=O)[C@H](CC(C)C)NC(=O)CNC(=O)[C@@H]1CCCN1C(=O)[C@@H]1CCCN1C(=O)[C@H](CO)NC(=O)[C@H](CC(C)C)NC(=O)[C@@H](N)CC(C)C)C(=O)O. The minimum absolute atomic E-state index is 0.0215. The number of nitrogens with zero attached hydrogens (tertiary/aromatic N) is 3. The molecule has 0 spiro atoms. The molecular formula is C52H89N11O13. The Morgan fingerprint density at radius 2 is 0.816 bits per heavy atom. The van der Waals surface area contributed by atoms with Crippen LogP contribution in [0.15, 0.2) is 0 Å². The van der Waals surface area contributed by atoms with Crippen molar-refractivity contribution in [1.29, 1.82) is 0 Å². The quantitative estimate of drug-likeness (QED) is 0.0441. The van der Waals surface area contributed by atoms with Crippen LogP contribution in [0.2, 0.25) is 0 Å². The highest BCUT2D eigenvalue weighted by atomic mass is 16.4. The van der Waals surface area contributed by atoms with Crippen LogP contribution in [0.5, 0.6) is 0 Å². The van der Waals surface area contributed by atoms with Crippen LogP contribution in [0.1, 0.15) is 140 Å². The first-order valence-corrected chi connectivity index (χ1v) is 27.2. The summed E-state index contributed by atoms with van der Waals surface area (Å²) in [4.78, 5) is 151. The number of hydrogen-bond donors (Lipinski definition) is 10. The minimum atomic E-state index is -1.43. The third-order valence-corrected chi connectivity index (χ3v) is 13.6. The van der Waals surface area contributed by atoms with Crippen LogP contribution in [0, 0.1) is 29.6 Å². The fraction of sp³-hybridized carbons (Fsp3) is 0.788. The van der Waals surface area contributed by atoms with Crippen molar-refractivity contribution in [2.75, 3.05) is 39.3 Å². The highest BCUT2D eigenvalue weighted by molar-refractivity contribution is 5.98. The van der Waals surface area contributed by atoms with Crippen molar-refractivity contribution in [3.63, 3.8) is 0 Å². The van der Waals surface area contributed by atoms with Gasteiger partial charge < -0.3 is 67.9 Å². The molecular weight excluding hydrogens is 987 g/mol. The Labute approximate surface area is 447 Å². The molecule has 3 heterocycles. The van der Waals surface area contributed by atoms with Crippen LogP contribution in [-0.2, 0) is 52.7 Å². The van der Waals surface area contributed by atoms with Gasteiger partial charge in [0.1, 0.15) is 48.3 Å². The van der Waals surface area contributed by atoms with Crippen molar-refractivity contribution in [2.45, 2.75) is 194 Å². The van der Waals surface area contributed by atoms with E-state index in [1.165, 1.54) is 14.7 Å². The van der Waals surface area contributed by atoms with Crippen LogP contribution in [0.25, 0.3) is 0 Å². The molecule has 0 aromatic heterocycles. The van der Waals surface area contributed by atoms with Gasteiger partial charge in [-0.15, -0.1) is 0 Å². The summed E-state index contributed by atoms with van der Waals surface area (Å²) in [5.41, 5.74) is 6.06. The number of aliphatic carboxylic acids is 1. The Morgan fingerprint density at radius 1 is 0.461 bits per heavy atom. The van der Waals surface area contributed by atoms with Crippen LogP contribution < -0.4 is 43.0 Å². The van der Waals surface area contributed by atoms with Gasteiger partial charge in [-0.05, 0) is 100 Å². The average molecular weight is 1080 g/mol. The molecule has 24 nitrogen and oxygen atoms in total. The summed E-state index contributed by atoms with van der Waals surface area (Å²) < 4.78 is 0. The number of hydrogen-bond acceptors (Lipinski definition) is 13. The maximum Gasteiger partial charge on any atom is 0.326 e. The standard InChI is InChI=1S/C52H89N11O13/c1-28(2)20-33(53)44(67)58-35(22-30(5)6)46(69)60-38(27-64)50(73)63-19-13-16-41(63)51(74)62-18-12-15-40(62)48(71)55-26-43(66)57-36(23-31(7)8)49(72)61-17-11-14-39(61)47(70)54-25-42(65)56-34(21-29(3)4)45(68)59-37(52(75)76)24-32(9)10/h28-41,64H,11-27,53H2,1-10H3,(H,54,70)(H,55,71)(H,56,65)(H,57,66)(H,58,67)(H,59,68)(H,60,69)(H,75,76)/t33-,34-,35-,36-,37-,38-,39-,40-,41-/m0/s1. The number of likely N-dealkylation sites (tertiary alicyclic amines) is 3. The molecule has 3 aliphatic rings. The molecule has 9 atom stereocenters. The predicted octanol–water partition coefficient (Wildman–Crippen LogP) is -0.750. The molecule has 11 N–H and O–H groups in total. The summed E-state index contributed by atoms with van der Waals surface area (Å²) >= 11 is 0. The second-order valence-corrected chi connectivity index (χ2v) is 22.7. The van der Waals surface area contributed by atoms with E-state index in [0.29, 0.717) is 25.7 Å². The van der Waals surface area contributed by atoms with Gasteiger partial charge in [-0.1, -0.05) is 69.2 Å². The van der Waals surface area contributed by atoms with Crippen molar-refractivity contribution in [1.82, 2.24) is 51.9 Å². The monoisotopic (exact) mass is 1080 g/mol. The van der Waals surface area contributed by atoms with E-state index in [0.717, 1.165) is 0 Å². The first-order valence-electron chi connectivity index (χ1n) is 27.2. The fourth-order valence-electron chi connectivity index (χ4n) is 9.96. The van der Waals surface area contributed by atoms with Gasteiger partial charge in [-0.25, -0.2) is 4.79 Å². The third kappa shape index (κ3) is 19.9. The highest BCUT2D eigenvalue weighted by Crippen LogP contribution is 2.26. The largest absolute Gasteiger partial charge is 0.480 e. The number of carbonyl (C=O) groups excluding carboxylic acids is 10. The second kappa shape index (κ2) is 30.7. The minimum Gasteiger partial charge on any atom is -0.480 e. The summed E-state index contributed by atoms with van der Waals surface area (Å²) in [6.45, 7) is 17.3. The number of amides is 10. The number of carbonyl (C=O) groups is 11. The zero-order chi connectivity index (χ0) is 57.1. The first kappa shape index (κ1) is 64.4. The van der Waals surface area contributed by atoms with Crippen molar-refractivity contribution < 1.29 is 63.0 Å². The summed E-state index contributed by atoms with van der Waals surface area (Å²) in [6, 6.07) is -9.59. The smallest absolute Gasteiger partial charge is 0.326 e. The van der Waals surface area contributed by atoms with E-state index in [2.05, 4.69) is 37.2 Å². The summed E-state index contributed by atoms with van der Waals surface area (Å²) in [5, 5.41) is 38.1. The number of nitrogens with one attached hydrogen (secondary N) is 7. The van der Waals surface area contributed by atoms with E-state index >= 15 is 0 Å². The Kier molecular flexibility index (Phi) is 26.0. The van der Waals surface area contributed by atoms with Gasteiger partial charge in [0.2, 0.25) is 59.1 Å². The lowest BCUT2D eigenvalue weighted by molar-refractivity contribution is -0.148. The van der Waals surface area contributed by atoms with Gasteiger partial charge >= 0.3 is 5.97 Å². The Bertz CT molecular complexity index is 2050.